The number of hydrogen-bond acceptors (Lipinski definition) is 9. The van der Waals surface area contributed by atoms with E-state index in [2.05, 4.69) is 9.56 Å². The topological polar surface area (TPSA) is 110 Å². The highest BCUT2D eigenvalue weighted by atomic mass is 32.1. The van der Waals surface area contributed by atoms with E-state index in [-0.39, 0.29) is 17.7 Å². The van der Waals surface area contributed by atoms with Crippen molar-refractivity contribution in [3.05, 3.63) is 108 Å². The van der Waals surface area contributed by atoms with Crippen LogP contribution in [0.25, 0.3) is 11.8 Å². The van der Waals surface area contributed by atoms with Crippen molar-refractivity contribution in [2.45, 2.75) is 33.7 Å². The van der Waals surface area contributed by atoms with Crippen molar-refractivity contribution >= 4 is 29.4 Å². The van der Waals surface area contributed by atoms with E-state index in [1.165, 1.54) is 30.1 Å². The molecule has 0 bridgehead atoms. The van der Waals surface area contributed by atoms with Crippen molar-refractivity contribution in [1.29, 1.82) is 0 Å². The summed E-state index contributed by atoms with van der Waals surface area (Å²) in [5.74, 6) is 0.0852. The molecule has 0 radical (unpaired) electrons. The fourth-order valence-electron chi connectivity index (χ4n) is 5.47. The van der Waals surface area contributed by atoms with Gasteiger partial charge in [0, 0.05) is 28.7 Å². The molecule has 1 aliphatic rings. The molecule has 0 unspecified atom stereocenters. The SMILES string of the molecule is CCOC(=O)C1=C(C)N=c2s/c(=C/c3cc(C)n(-c4ccc(C(=O)OC)cc4)c3C)c(=O)n2[C@@H]1c1ccc(OC)cc1OC. The zero-order chi connectivity index (χ0) is 31.7. The maximum absolute atomic E-state index is 14.2. The van der Waals surface area contributed by atoms with Gasteiger partial charge in [-0.1, -0.05) is 11.3 Å². The van der Waals surface area contributed by atoms with Gasteiger partial charge < -0.3 is 23.5 Å². The summed E-state index contributed by atoms with van der Waals surface area (Å²) in [5.41, 5.74) is 5.09. The number of methoxy groups -OCH3 is 3. The molecule has 0 saturated heterocycles. The Bertz CT molecular complexity index is 1980. The molecular weight excluding hydrogens is 582 g/mol. The van der Waals surface area contributed by atoms with Gasteiger partial charge in [-0.25, -0.2) is 14.6 Å². The van der Waals surface area contributed by atoms with Crippen LogP contribution in [0.2, 0.25) is 0 Å². The molecule has 2 aromatic heterocycles. The summed E-state index contributed by atoms with van der Waals surface area (Å²) in [6, 6.07) is 13.6. The van der Waals surface area contributed by atoms with Crippen LogP contribution in [0.5, 0.6) is 11.5 Å². The molecule has 0 spiro atoms. The van der Waals surface area contributed by atoms with E-state index in [9.17, 15) is 14.4 Å². The lowest BCUT2D eigenvalue weighted by molar-refractivity contribution is -0.139. The number of carbonyl (C=O) groups excluding carboxylic acids is 2. The molecule has 0 N–H and O–H groups in total. The minimum Gasteiger partial charge on any atom is -0.497 e. The molecule has 0 saturated carbocycles. The zero-order valence-corrected chi connectivity index (χ0v) is 26.4. The summed E-state index contributed by atoms with van der Waals surface area (Å²) in [7, 11) is 4.43. The van der Waals surface area contributed by atoms with Gasteiger partial charge in [0.2, 0.25) is 0 Å². The highest BCUT2D eigenvalue weighted by Gasteiger charge is 2.35. The average molecular weight is 616 g/mol. The van der Waals surface area contributed by atoms with Crippen LogP contribution in [-0.4, -0.2) is 49.0 Å². The fraction of sp³-hybridized carbons (Fsp3) is 0.273. The molecule has 4 aromatic rings. The highest BCUT2D eigenvalue weighted by molar-refractivity contribution is 7.07. The summed E-state index contributed by atoms with van der Waals surface area (Å²) >= 11 is 1.25. The molecule has 1 atom stereocenters. The number of carbonyl (C=O) groups is 2. The van der Waals surface area contributed by atoms with Crippen molar-refractivity contribution in [3.63, 3.8) is 0 Å². The monoisotopic (exact) mass is 615 g/mol. The van der Waals surface area contributed by atoms with Crippen LogP contribution in [0.4, 0.5) is 0 Å². The van der Waals surface area contributed by atoms with Crippen LogP contribution >= 0.6 is 11.3 Å². The number of nitrogens with zero attached hydrogens (tertiary/aromatic N) is 3. The van der Waals surface area contributed by atoms with Crippen LogP contribution < -0.4 is 24.4 Å². The smallest absolute Gasteiger partial charge is 0.338 e. The first-order valence-corrected chi connectivity index (χ1v) is 14.7. The van der Waals surface area contributed by atoms with Gasteiger partial charge in [-0.15, -0.1) is 0 Å². The summed E-state index contributed by atoms with van der Waals surface area (Å²) in [6.07, 6.45) is 1.84. The molecule has 0 amide bonds. The third-order valence-corrected chi connectivity index (χ3v) is 8.54. The van der Waals surface area contributed by atoms with Crippen molar-refractivity contribution in [2.75, 3.05) is 27.9 Å². The number of fused-ring (bicyclic) bond motifs is 1. The first-order chi connectivity index (χ1) is 21.1. The molecule has 5 rings (SSSR count). The first kappa shape index (κ1) is 30.6. The molecule has 0 fully saturated rings. The van der Waals surface area contributed by atoms with Gasteiger partial charge in [0.1, 0.15) is 17.5 Å². The first-order valence-electron chi connectivity index (χ1n) is 13.9. The minimum absolute atomic E-state index is 0.174. The zero-order valence-electron chi connectivity index (χ0n) is 25.6. The Morgan fingerprint density at radius 3 is 2.34 bits per heavy atom. The molecule has 1 aliphatic heterocycles. The van der Waals surface area contributed by atoms with Crippen molar-refractivity contribution in [2.24, 2.45) is 4.99 Å². The van der Waals surface area contributed by atoms with E-state index >= 15 is 0 Å². The number of thiazole rings is 1. The van der Waals surface area contributed by atoms with Crippen LogP contribution in [-0.2, 0) is 14.3 Å². The van der Waals surface area contributed by atoms with E-state index in [1.807, 2.05) is 38.1 Å². The van der Waals surface area contributed by atoms with Crippen molar-refractivity contribution in [3.8, 4) is 17.2 Å². The molecule has 44 heavy (non-hydrogen) atoms. The third-order valence-electron chi connectivity index (χ3n) is 7.56. The van der Waals surface area contributed by atoms with Crippen molar-refractivity contribution < 1.29 is 28.5 Å². The average Bonchev–Trinajstić information content (AvgIpc) is 3.48. The Kier molecular flexibility index (Phi) is 8.59. The molecule has 3 heterocycles. The Labute approximate surface area is 258 Å². The second-order valence-corrected chi connectivity index (χ2v) is 11.1. The molecule has 0 aliphatic carbocycles. The Balaban J connectivity index is 1.67. The minimum atomic E-state index is -0.825. The second-order valence-electron chi connectivity index (χ2n) is 10.1. The van der Waals surface area contributed by atoms with Crippen molar-refractivity contribution in [1.82, 2.24) is 9.13 Å². The van der Waals surface area contributed by atoms with Crippen LogP contribution in [0.1, 0.15) is 52.8 Å². The maximum Gasteiger partial charge on any atom is 0.338 e. The van der Waals surface area contributed by atoms with Crippen LogP contribution in [0, 0.1) is 13.8 Å². The number of hydrogen-bond donors (Lipinski definition) is 0. The summed E-state index contributed by atoms with van der Waals surface area (Å²) in [5, 5.41) is 0. The summed E-state index contributed by atoms with van der Waals surface area (Å²) in [4.78, 5) is 44.5. The van der Waals surface area contributed by atoms with E-state index < -0.39 is 18.0 Å². The van der Waals surface area contributed by atoms with Gasteiger partial charge in [0.05, 0.1) is 49.3 Å². The molecule has 228 valence electrons. The number of benzene rings is 2. The van der Waals surface area contributed by atoms with Gasteiger partial charge >= 0.3 is 11.9 Å². The van der Waals surface area contributed by atoms with Crippen LogP contribution in [0.3, 0.4) is 0 Å². The number of ether oxygens (including phenoxy) is 4. The predicted molar refractivity (Wildman–Crippen MR) is 167 cm³/mol. The largest absolute Gasteiger partial charge is 0.497 e. The van der Waals surface area contributed by atoms with E-state index in [1.54, 1.807) is 51.3 Å². The van der Waals surface area contributed by atoms with Gasteiger partial charge in [0.15, 0.2) is 4.80 Å². The number of rotatable bonds is 8. The summed E-state index contributed by atoms with van der Waals surface area (Å²) in [6.45, 7) is 7.60. The predicted octanol–water partition coefficient (Wildman–Crippen LogP) is 4.01. The molecule has 10 nitrogen and oxygen atoms in total. The second kappa shape index (κ2) is 12.4. The van der Waals surface area contributed by atoms with Gasteiger partial charge in [0.25, 0.3) is 5.56 Å². The Morgan fingerprint density at radius 1 is 0.977 bits per heavy atom. The third kappa shape index (κ3) is 5.35. The van der Waals surface area contributed by atoms with Gasteiger partial charge in [-0.3, -0.25) is 9.36 Å². The summed E-state index contributed by atoms with van der Waals surface area (Å²) < 4.78 is 25.3. The fourth-order valence-corrected chi connectivity index (χ4v) is 6.50. The Hall–Kier alpha value is -4.90. The molecule has 11 heteroatoms. The standard InChI is InChI=1S/C33H33N3O7S/c1-8-43-32(39)28-19(3)34-33-36(29(28)25-14-13-24(40-5)17-26(25)41-6)30(37)27(44-33)16-22-15-18(2)35(20(22)4)23-11-9-21(10-12-23)31(38)42-7/h9-17,29H,8H2,1-7H3/b27-16+/t29-/m1/s1. The lowest BCUT2D eigenvalue weighted by Gasteiger charge is -2.26. The number of esters is 2. The lowest BCUT2D eigenvalue weighted by atomic mass is 9.95. The number of aryl methyl sites for hydroxylation is 1. The highest BCUT2D eigenvalue weighted by Crippen LogP contribution is 2.37. The quantitative estimate of drug-likeness (QED) is 0.276. The molecular formula is C33H33N3O7S. The number of allylic oxidation sites excluding steroid dienone is 1. The van der Waals surface area contributed by atoms with E-state index in [4.69, 9.17) is 18.9 Å². The number of aromatic nitrogens is 2. The maximum atomic E-state index is 14.2. The van der Waals surface area contributed by atoms with Crippen LogP contribution in [0.15, 0.2) is 69.6 Å². The van der Waals surface area contributed by atoms with E-state index in [0.717, 1.165) is 22.6 Å². The van der Waals surface area contributed by atoms with Gasteiger partial charge in [-0.2, -0.15) is 0 Å². The normalized spacial score (nSPS) is 14.6. The molecule has 2 aromatic carbocycles. The lowest BCUT2D eigenvalue weighted by Crippen LogP contribution is -2.40. The van der Waals surface area contributed by atoms with E-state index in [0.29, 0.717) is 37.7 Å². The van der Waals surface area contributed by atoms with Gasteiger partial charge in [-0.05, 0) is 81.8 Å². The Morgan fingerprint density at radius 2 is 1.70 bits per heavy atom.